The van der Waals surface area contributed by atoms with Crippen molar-refractivity contribution in [1.29, 1.82) is 0 Å². The SMILES string of the molecule is CCOC(=O)[C@H]1CCCN(C(=O)c2ccsc2)C1. The highest BCUT2D eigenvalue weighted by Gasteiger charge is 2.29. The van der Waals surface area contributed by atoms with Crippen LogP contribution < -0.4 is 0 Å². The van der Waals surface area contributed by atoms with Crippen LogP contribution in [0.15, 0.2) is 16.8 Å². The smallest absolute Gasteiger partial charge is 0.310 e. The fraction of sp³-hybridized carbons (Fsp3) is 0.538. The first kappa shape index (κ1) is 13.1. The quantitative estimate of drug-likeness (QED) is 0.788. The number of carbonyl (C=O) groups excluding carboxylic acids is 2. The lowest BCUT2D eigenvalue weighted by Gasteiger charge is -2.31. The first-order valence-electron chi connectivity index (χ1n) is 6.20. The Labute approximate surface area is 111 Å². The molecule has 1 atom stereocenters. The Morgan fingerprint density at radius 1 is 1.56 bits per heavy atom. The summed E-state index contributed by atoms with van der Waals surface area (Å²) in [5.74, 6) is -0.327. The molecule has 18 heavy (non-hydrogen) atoms. The van der Waals surface area contributed by atoms with E-state index in [2.05, 4.69) is 0 Å². The normalized spacial score (nSPS) is 19.6. The summed E-state index contributed by atoms with van der Waals surface area (Å²) in [5.41, 5.74) is 0.713. The third kappa shape index (κ3) is 2.90. The first-order chi connectivity index (χ1) is 8.72. The van der Waals surface area contributed by atoms with E-state index in [0.717, 1.165) is 19.4 Å². The van der Waals surface area contributed by atoms with E-state index in [1.165, 1.54) is 11.3 Å². The third-order valence-electron chi connectivity index (χ3n) is 3.10. The fourth-order valence-electron chi connectivity index (χ4n) is 2.18. The molecule has 1 aromatic heterocycles. The second kappa shape index (κ2) is 6.00. The lowest BCUT2D eigenvalue weighted by atomic mass is 9.98. The van der Waals surface area contributed by atoms with Crippen molar-refractivity contribution in [3.05, 3.63) is 22.4 Å². The molecule has 5 heteroatoms. The Morgan fingerprint density at radius 2 is 2.39 bits per heavy atom. The van der Waals surface area contributed by atoms with E-state index in [0.29, 0.717) is 18.7 Å². The Kier molecular flexibility index (Phi) is 4.36. The van der Waals surface area contributed by atoms with Gasteiger partial charge in [-0.2, -0.15) is 11.3 Å². The molecular formula is C13H17NO3S. The van der Waals surface area contributed by atoms with Gasteiger partial charge in [0.2, 0.25) is 0 Å². The van der Waals surface area contributed by atoms with Crippen LogP contribution in [0, 0.1) is 5.92 Å². The number of ether oxygens (including phenoxy) is 1. The van der Waals surface area contributed by atoms with Gasteiger partial charge in [0.15, 0.2) is 0 Å². The maximum atomic E-state index is 12.2. The van der Waals surface area contributed by atoms with Crippen molar-refractivity contribution in [2.45, 2.75) is 19.8 Å². The predicted octanol–water partition coefficient (Wildman–Crippen LogP) is 2.16. The molecule has 0 aromatic carbocycles. The van der Waals surface area contributed by atoms with Crippen LogP contribution in [-0.4, -0.2) is 36.5 Å². The zero-order chi connectivity index (χ0) is 13.0. The van der Waals surface area contributed by atoms with Gasteiger partial charge in [0.25, 0.3) is 5.91 Å². The van der Waals surface area contributed by atoms with Crippen molar-refractivity contribution in [2.24, 2.45) is 5.92 Å². The molecule has 0 bridgehead atoms. The monoisotopic (exact) mass is 267 g/mol. The van der Waals surface area contributed by atoms with E-state index in [4.69, 9.17) is 4.74 Å². The number of rotatable bonds is 3. The average molecular weight is 267 g/mol. The van der Waals surface area contributed by atoms with E-state index in [-0.39, 0.29) is 17.8 Å². The minimum atomic E-state index is -0.180. The van der Waals surface area contributed by atoms with Gasteiger partial charge < -0.3 is 9.64 Å². The first-order valence-corrected chi connectivity index (χ1v) is 7.14. The Bertz CT molecular complexity index is 416. The minimum Gasteiger partial charge on any atom is -0.466 e. The van der Waals surface area contributed by atoms with Crippen LogP contribution in [0.2, 0.25) is 0 Å². The van der Waals surface area contributed by atoms with Crippen molar-refractivity contribution < 1.29 is 14.3 Å². The molecule has 1 aliphatic rings. The minimum absolute atomic E-state index is 0.0187. The molecule has 1 fully saturated rings. The summed E-state index contributed by atoms with van der Waals surface area (Å²) in [5, 5.41) is 3.73. The van der Waals surface area contributed by atoms with Gasteiger partial charge in [0.1, 0.15) is 0 Å². The standard InChI is InChI=1S/C13H17NO3S/c1-2-17-13(16)10-4-3-6-14(8-10)12(15)11-5-7-18-9-11/h5,7,9-10H,2-4,6,8H2,1H3/t10-/m0/s1. The highest BCUT2D eigenvalue weighted by molar-refractivity contribution is 7.08. The number of thiophene rings is 1. The predicted molar refractivity (Wildman–Crippen MR) is 69.6 cm³/mol. The van der Waals surface area contributed by atoms with Crippen LogP contribution in [0.3, 0.4) is 0 Å². The van der Waals surface area contributed by atoms with E-state index in [1.807, 2.05) is 16.8 Å². The summed E-state index contributed by atoms with van der Waals surface area (Å²) >= 11 is 1.51. The van der Waals surface area contributed by atoms with E-state index >= 15 is 0 Å². The number of carbonyl (C=O) groups is 2. The number of hydrogen-bond acceptors (Lipinski definition) is 4. The summed E-state index contributed by atoms with van der Waals surface area (Å²) in [6.45, 7) is 3.40. The molecule has 0 aliphatic carbocycles. The number of nitrogens with zero attached hydrogens (tertiary/aromatic N) is 1. The summed E-state index contributed by atoms with van der Waals surface area (Å²) < 4.78 is 5.03. The van der Waals surface area contributed by atoms with E-state index < -0.39 is 0 Å². The molecular weight excluding hydrogens is 250 g/mol. The van der Waals surface area contributed by atoms with Crippen molar-refractivity contribution in [3.8, 4) is 0 Å². The zero-order valence-electron chi connectivity index (χ0n) is 10.4. The maximum Gasteiger partial charge on any atom is 0.310 e. The highest BCUT2D eigenvalue weighted by atomic mass is 32.1. The van der Waals surface area contributed by atoms with Gasteiger partial charge in [0.05, 0.1) is 18.1 Å². The summed E-state index contributed by atoms with van der Waals surface area (Å²) in [6, 6.07) is 1.82. The molecule has 98 valence electrons. The molecule has 0 unspecified atom stereocenters. The van der Waals surface area contributed by atoms with Crippen LogP contribution in [-0.2, 0) is 9.53 Å². The maximum absolute atomic E-state index is 12.2. The highest BCUT2D eigenvalue weighted by Crippen LogP contribution is 2.20. The molecule has 0 saturated carbocycles. The van der Waals surface area contributed by atoms with Gasteiger partial charge in [-0.25, -0.2) is 0 Å². The molecule has 0 N–H and O–H groups in total. The number of piperidine rings is 1. The van der Waals surface area contributed by atoms with Crippen molar-refractivity contribution in [2.75, 3.05) is 19.7 Å². The third-order valence-corrected chi connectivity index (χ3v) is 3.78. The molecule has 1 saturated heterocycles. The number of hydrogen-bond donors (Lipinski definition) is 0. The zero-order valence-corrected chi connectivity index (χ0v) is 11.2. The summed E-state index contributed by atoms with van der Waals surface area (Å²) in [4.78, 5) is 25.6. The van der Waals surface area contributed by atoms with Crippen LogP contribution in [0.4, 0.5) is 0 Å². The van der Waals surface area contributed by atoms with Crippen LogP contribution in [0.5, 0.6) is 0 Å². The molecule has 4 nitrogen and oxygen atoms in total. The van der Waals surface area contributed by atoms with Gasteiger partial charge in [-0.15, -0.1) is 0 Å². The Morgan fingerprint density at radius 3 is 3.06 bits per heavy atom. The fourth-order valence-corrected chi connectivity index (χ4v) is 2.81. The van der Waals surface area contributed by atoms with Gasteiger partial charge in [-0.3, -0.25) is 9.59 Å². The number of amides is 1. The van der Waals surface area contributed by atoms with Crippen LogP contribution >= 0.6 is 11.3 Å². The average Bonchev–Trinajstić information content (AvgIpc) is 2.92. The number of likely N-dealkylation sites (tertiary alicyclic amines) is 1. The summed E-state index contributed by atoms with van der Waals surface area (Å²) in [6.07, 6.45) is 1.67. The molecule has 0 spiro atoms. The molecule has 1 aliphatic heterocycles. The Balaban J connectivity index is 1.98. The second-order valence-corrected chi connectivity index (χ2v) is 5.13. The number of esters is 1. The van der Waals surface area contributed by atoms with Crippen molar-refractivity contribution in [3.63, 3.8) is 0 Å². The van der Waals surface area contributed by atoms with Gasteiger partial charge in [-0.05, 0) is 31.2 Å². The van der Waals surface area contributed by atoms with Gasteiger partial charge >= 0.3 is 5.97 Å². The van der Waals surface area contributed by atoms with Gasteiger partial charge in [-0.1, -0.05) is 0 Å². The van der Waals surface area contributed by atoms with E-state index in [1.54, 1.807) is 11.8 Å². The lowest BCUT2D eigenvalue weighted by molar-refractivity contribution is -0.149. The van der Waals surface area contributed by atoms with Crippen molar-refractivity contribution >= 4 is 23.2 Å². The molecule has 2 rings (SSSR count). The van der Waals surface area contributed by atoms with Crippen molar-refractivity contribution in [1.82, 2.24) is 4.90 Å². The largest absolute Gasteiger partial charge is 0.466 e. The van der Waals surface area contributed by atoms with E-state index in [9.17, 15) is 9.59 Å². The second-order valence-electron chi connectivity index (χ2n) is 4.35. The molecule has 1 amide bonds. The molecule has 1 aromatic rings. The topological polar surface area (TPSA) is 46.6 Å². The molecule has 2 heterocycles. The van der Waals surface area contributed by atoms with Gasteiger partial charge in [0, 0.05) is 18.5 Å². The molecule has 0 radical (unpaired) electrons. The van der Waals surface area contributed by atoms with Crippen LogP contribution in [0.1, 0.15) is 30.1 Å². The Hall–Kier alpha value is -1.36. The van der Waals surface area contributed by atoms with Crippen LogP contribution in [0.25, 0.3) is 0 Å². The lowest BCUT2D eigenvalue weighted by Crippen LogP contribution is -2.42. The summed E-state index contributed by atoms with van der Waals surface area (Å²) in [7, 11) is 0.